The average Bonchev–Trinajstić information content (AvgIpc) is 3.07. The van der Waals surface area contributed by atoms with Crippen molar-refractivity contribution in [1.29, 1.82) is 0 Å². The van der Waals surface area contributed by atoms with Gasteiger partial charge in [-0.3, -0.25) is 19.4 Å². The van der Waals surface area contributed by atoms with E-state index in [4.69, 9.17) is 4.98 Å². The lowest BCUT2D eigenvalue weighted by Crippen LogP contribution is -2.52. The van der Waals surface area contributed by atoms with Crippen molar-refractivity contribution in [2.75, 3.05) is 45.8 Å². The predicted octanol–water partition coefficient (Wildman–Crippen LogP) is 1.75. The van der Waals surface area contributed by atoms with Gasteiger partial charge >= 0.3 is 0 Å². The highest BCUT2D eigenvalue weighted by atomic mass is 16.2. The number of amides is 2. The molecule has 32 heavy (non-hydrogen) atoms. The fourth-order valence-corrected chi connectivity index (χ4v) is 5.44. The Balaban J connectivity index is 1.32. The maximum Gasteiger partial charge on any atom is 0.274 e. The van der Waals surface area contributed by atoms with Crippen LogP contribution in [0.3, 0.4) is 0 Å². The molecule has 0 unspecified atom stereocenters. The SMILES string of the molecule is O=C1CCN(Cc2c(C(=O)N3CCN(C4CCCCC4)CC3)nc3ccccn23)CCN1. The van der Waals surface area contributed by atoms with E-state index in [1.54, 1.807) is 0 Å². The van der Waals surface area contributed by atoms with E-state index in [9.17, 15) is 9.59 Å². The summed E-state index contributed by atoms with van der Waals surface area (Å²) in [6, 6.07) is 6.58. The van der Waals surface area contributed by atoms with Crippen molar-refractivity contribution < 1.29 is 9.59 Å². The summed E-state index contributed by atoms with van der Waals surface area (Å²) in [4.78, 5) is 36.9. The number of hydrogen-bond acceptors (Lipinski definition) is 5. The Kier molecular flexibility index (Phi) is 6.41. The van der Waals surface area contributed by atoms with Crippen LogP contribution in [0.4, 0.5) is 0 Å². The van der Waals surface area contributed by atoms with Gasteiger partial charge in [-0.2, -0.15) is 0 Å². The maximum atomic E-state index is 13.6. The number of imidazole rings is 1. The van der Waals surface area contributed by atoms with Gasteiger partial charge in [0.1, 0.15) is 5.65 Å². The van der Waals surface area contributed by atoms with Gasteiger partial charge in [0, 0.05) is 71.0 Å². The summed E-state index contributed by atoms with van der Waals surface area (Å²) in [6.45, 7) is 6.18. The topological polar surface area (TPSA) is 73.2 Å². The van der Waals surface area contributed by atoms with Gasteiger partial charge in [-0.1, -0.05) is 25.3 Å². The van der Waals surface area contributed by atoms with Crippen LogP contribution in [-0.4, -0.2) is 87.8 Å². The van der Waals surface area contributed by atoms with Gasteiger partial charge in [-0.05, 0) is 25.0 Å². The summed E-state index contributed by atoms with van der Waals surface area (Å²) in [5, 5.41) is 2.93. The van der Waals surface area contributed by atoms with E-state index in [1.165, 1.54) is 32.1 Å². The number of piperazine rings is 1. The molecule has 0 bridgehead atoms. The van der Waals surface area contributed by atoms with Crippen LogP contribution >= 0.6 is 0 Å². The number of aromatic nitrogens is 2. The first-order valence-corrected chi connectivity index (χ1v) is 12.2. The summed E-state index contributed by atoms with van der Waals surface area (Å²) in [7, 11) is 0. The molecule has 1 aliphatic carbocycles. The van der Waals surface area contributed by atoms with Crippen LogP contribution in [0.25, 0.3) is 5.65 Å². The van der Waals surface area contributed by atoms with Crippen LogP contribution < -0.4 is 5.32 Å². The summed E-state index contributed by atoms with van der Waals surface area (Å²) < 4.78 is 2.03. The first-order valence-electron chi connectivity index (χ1n) is 12.2. The quantitative estimate of drug-likeness (QED) is 0.787. The molecule has 2 saturated heterocycles. The second-order valence-corrected chi connectivity index (χ2v) is 9.33. The van der Waals surface area contributed by atoms with Crippen LogP contribution in [0.5, 0.6) is 0 Å². The smallest absolute Gasteiger partial charge is 0.274 e. The first-order chi connectivity index (χ1) is 15.7. The van der Waals surface area contributed by atoms with Crippen LogP contribution in [0.2, 0.25) is 0 Å². The number of rotatable bonds is 4. The molecule has 1 saturated carbocycles. The number of nitrogens with one attached hydrogen (secondary N) is 1. The van der Waals surface area contributed by atoms with Gasteiger partial charge in [0.05, 0.1) is 5.69 Å². The fourth-order valence-electron chi connectivity index (χ4n) is 5.44. The lowest BCUT2D eigenvalue weighted by atomic mass is 9.94. The minimum atomic E-state index is 0.0380. The van der Waals surface area contributed by atoms with E-state index in [2.05, 4.69) is 15.1 Å². The number of nitrogens with zero attached hydrogens (tertiary/aromatic N) is 5. The van der Waals surface area contributed by atoms with E-state index in [0.29, 0.717) is 37.8 Å². The van der Waals surface area contributed by atoms with E-state index in [1.807, 2.05) is 33.7 Å². The summed E-state index contributed by atoms with van der Waals surface area (Å²) >= 11 is 0. The van der Waals surface area contributed by atoms with E-state index >= 15 is 0 Å². The van der Waals surface area contributed by atoms with Crippen LogP contribution in [0.1, 0.15) is 54.7 Å². The highest BCUT2D eigenvalue weighted by molar-refractivity contribution is 5.94. The molecule has 2 amide bonds. The molecule has 2 aromatic heterocycles. The summed E-state index contributed by atoms with van der Waals surface area (Å²) in [6.07, 6.45) is 9.13. The van der Waals surface area contributed by atoms with E-state index in [0.717, 1.165) is 44.1 Å². The zero-order valence-corrected chi connectivity index (χ0v) is 18.8. The Morgan fingerprint density at radius 1 is 1.03 bits per heavy atom. The molecule has 0 spiro atoms. The highest BCUT2D eigenvalue weighted by Crippen LogP contribution is 2.24. The van der Waals surface area contributed by atoms with Crippen molar-refractivity contribution in [3.05, 3.63) is 35.8 Å². The third-order valence-corrected chi connectivity index (χ3v) is 7.30. The van der Waals surface area contributed by atoms with Crippen LogP contribution in [-0.2, 0) is 11.3 Å². The maximum absolute atomic E-state index is 13.6. The third kappa shape index (κ3) is 4.52. The van der Waals surface area contributed by atoms with Gasteiger partial charge in [-0.15, -0.1) is 0 Å². The van der Waals surface area contributed by atoms with Crippen molar-refractivity contribution in [2.24, 2.45) is 0 Å². The van der Waals surface area contributed by atoms with Gasteiger partial charge in [0.2, 0.25) is 5.91 Å². The molecule has 0 aromatic carbocycles. The number of carbonyl (C=O) groups is 2. The standard InChI is InChI=1S/C24H34N6O2/c31-22-9-12-27(13-10-25-22)18-20-23(26-21-8-4-5-11-30(20)21)24(32)29-16-14-28(15-17-29)19-6-2-1-3-7-19/h4-5,8,11,19H,1-3,6-7,9-10,12-18H2,(H,25,31). The van der Waals surface area contributed by atoms with Gasteiger partial charge < -0.3 is 14.6 Å². The zero-order valence-electron chi connectivity index (χ0n) is 18.8. The van der Waals surface area contributed by atoms with Crippen molar-refractivity contribution in [3.63, 3.8) is 0 Å². The molecular formula is C24H34N6O2. The van der Waals surface area contributed by atoms with Crippen molar-refractivity contribution in [2.45, 2.75) is 51.1 Å². The van der Waals surface area contributed by atoms with E-state index < -0.39 is 0 Å². The number of carbonyl (C=O) groups excluding carboxylic acids is 2. The second kappa shape index (κ2) is 9.58. The normalized spacial score (nSPS) is 22.1. The first kappa shape index (κ1) is 21.4. The number of fused-ring (bicyclic) bond motifs is 1. The molecule has 2 aliphatic heterocycles. The Bertz CT molecular complexity index is 959. The Morgan fingerprint density at radius 3 is 2.66 bits per heavy atom. The molecule has 172 valence electrons. The minimum Gasteiger partial charge on any atom is -0.355 e. The molecule has 1 N–H and O–H groups in total. The summed E-state index contributed by atoms with van der Waals surface area (Å²) in [5.74, 6) is 0.133. The lowest BCUT2D eigenvalue weighted by molar-refractivity contribution is -0.120. The predicted molar refractivity (Wildman–Crippen MR) is 122 cm³/mol. The zero-order chi connectivity index (χ0) is 21.9. The minimum absolute atomic E-state index is 0.0380. The van der Waals surface area contributed by atoms with Crippen LogP contribution in [0.15, 0.2) is 24.4 Å². The molecule has 3 aliphatic rings. The van der Waals surface area contributed by atoms with Gasteiger partial charge in [0.25, 0.3) is 5.91 Å². The third-order valence-electron chi connectivity index (χ3n) is 7.30. The lowest BCUT2D eigenvalue weighted by Gasteiger charge is -2.40. The molecule has 3 fully saturated rings. The fraction of sp³-hybridized carbons (Fsp3) is 0.625. The Morgan fingerprint density at radius 2 is 1.84 bits per heavy atom. The summed E-state index contributed by atoms with van der Waals surface area (Å²) in [5.41, 5.74) is 2.29. The molecule has 0 atom stereocenters. The molecule has 2 aromatic rings. The Hall–Kier alpha value is -2.45. The number of pyridine rings is 1. The largest absolute Gasteiger partial charge is 0.355 e. The monoisotopic (exact) mass is 438 g/mol. The van der Waals surface area contributed by atoms with E-state index in [-0.39, 0.29) is 11.8 Å². The molecule has 4 heterocycles. The van der Waals surface area contributed by atoms with Crippen LogP contribution in [0, 0.1) is 0 Å². The van der Waals surface area contributed by atoms with Gasteiger partial charge in [-0.25, -0.2) is 4.98 Å². The molecule has 8 nitrogen and oxygen atoms in total. The number of hydrogen-bond donors (Lipinski definition) is 1. The second-order valence-electron chi connectivity index (χ2n) is 9.33. The molecule has 8 heteroatoms. The molecular weight excluding hydrogens is 404 g/mol. The Labute approximate surface area is 189 Å². The van der Waals surface area contributed by atoms with Gasteiger partial charge in [0.15, 0.2) is 5.69 Å². The van der Waals surface area contributed by atoms with Crippen molar-refractivity contribution >= 4 is 17.5 Å². The van der Waals surface area contributed by atoms with Crippen molar-refractivity contribution in [3.8, 4) is 0 Å². The molecule has 5 rings (SSSR count). The highest BCUT2D eigenvalue weighted by Gasteiger charge is 2.30. The van der Waals surface area contributed by atoms with Crippen molar-refractivity contribution in [1.82, 2.24) is 29.4 Å². The average molecular weight is 439 g/mol. The molecule has 0 radical (unpaired) electrons.